The van der Waals surface area contributed by atoms with Crippen molar-refractivity contribution in [2.45, 2.75) is 53.2 Å². The highest BCUT2D eigenvalue weighted by Gasteiger charge is 2.22. The molecule has 3 heteroatoms. The maximum atomic E-state index is 5.79. The van der Waals surface area contributed by atoms with Gasteiger partial charge in [-0.25, -0.2) is 0 Å². The van der Waals surface area contributed by atoms with Crippen molar-refractivity contribution in [1.82, 2.24) is 5.32 Å². The van der Waals surface area contributed by atoms with Crippen molar-refractivity contribution in [2.24, 2.45) is 5.41 Å². The number of hydrogen-bond donors (Lipinski definition) is 1. The molecule has 0 spiro atoms. The Morgan fingerprint density at radius 2 is 1.87 bits per heavy atom. The Kier molecular flexibility index (Phi) is 7.58. The Labute approximate surface area is 99.7 Å². The van der Waals surface area contributed by atoms with Gasteiger partial charge >= 0.3 is 0 Å². The van der Waals surface area contributed by atoms with Crippen molar-refractivity contribution in [3.05, 3.63) is 0 Å². The Morgan fingerprint density at radius 3 is 2.27 bits per heavy atom. The summed E-state index contributed by atoms with van der Waals surface area (Å²) in [6.45, 7) is 12.5. The molecule has 0 saturated heterocycles. The van der Waals surface area contributed by atoms with E-state index in [0.717, 1.165) is 19.6 Å². The van der Waals surface area contributed by atoms with Gasteiger partial charge in [-0.1, -0.05) is 20.8 Å². The quantitative estimate of drug-likeness (QED) is 0.541. The number of alkyl halides is 1. The van der Waals surface area contributed by atoms with Gasteiger partial charge < -0.3 is 10.1 Å². The van der Waals surface area contributed by atoms with Crippen LogP contribution in [-0.2, 0) is 4.74 Å². The van der Waals surface area contributed by atoms with E-state index in [1.165, 1.54) is 0 Å². The third kappa shape index (κ3) is 8.06. The number of ether oxygens (including phenoxy) is 1. The number of hydrogen-bond acceptors (Lipinski definition) is 2. The van der Waals surface area contributed by atoms with Gasteiger partial charge in [0.15, 0.2) is 0 Å². The van der Waals surface area contributed by atoms with Crippen molar-refractivity contribution in [2.75, 3.05) is 19.0 Å². The molecule has 0 saturated carbocycles. The van der Waals surface area contributed by atoms with Gasteiger partial charge in [-0.15, -0.1) is 11.6 Å². The van der Waals surface area contributed by atoms with Crippen LogP contribution in [0.15, 0.2) is 0 Å². The monoisotopic (exact) mass is 235 g/mol. The molecule has 0 amide bonds. The molecule has 1 unspecified atom stereocenters. The van der Waals surface area contributed by atoms with Gasteiger partial charge in [-0.2, -0.15) is 0 Å². The molecule has 0 rings (SSSR count). The first-order chi connectivity index (χ1) is 6.88. The Balaban J connectivity index is 3.77. The van der Waals surface area contributed by atoms with Crippen LogP contribution in [0.1, 0.15) is 41.0 Å². The van der Waals surface area contributed by atoms with E-state index in [1.807, 2.05) is 0 Å². The zero-order valence-electron chi connectivity index (χ0n) is 10.8. The SMILES string of the molecule is CC(C)OCCNC(CCCl)C(C)(C)C. The van der Waals surface area contributed by atoms with Gasteiger partial charge in [0.05, 0.1) is 12.7 Å². The van der Waals surface area contributed by atoms with Crippen LogP contribution in [0.4, 0.5) is 0 Å². The van der Waals surface area contributed by atoms with Crippen LogP contribution in [0.2, 0.25) is 0 Å². The number of rotatable bonds is 7. The maximum absolute atomic E-state index is 5.79. The molecule has 0 heterocycles. The first-order valence-electron chi connectivity index (χ1n) is 5.79. The van der Waals surface area contributed by atoms with Gasteiger partial charge in [0.2, 0.25) is 0 Å². The lowest BCUT2D eigenvalue weighted by Crippen LogP contribution is -2.42. The smallest absolute Gasteiger partial charge is 0.0594 e. The molecule has 15 heavy (non-hydrogen) atoms. The van der Waals surface area contributed by atoms with Crippen LogP contribution in [0.3, 0.4) is 0 Å². The fourth-order valence-electron chi connectivity index (χ4n) is 1.48. The van der Waals surface area contributed by atoms with Crippen LogP contribution in [-0.4, -0.2) is 31.2 Å². The highest BCUT2D eigenvalue weighted by atomic mass is 35.5. The molecule has 0 aliphatic rings. The van der Waals surface area contributed by atoms with Crippen molar-refractivity contribution in [3.63, 3.8) is 0 Å². The summed E-state index contributed by atoms with van der Waals surface area (Å²) in [5.74, 6) is 0.708. The van der Waals surface area contributed by atoms with Gasteiger partial charge in [0.25, 0.3) is 0 Å². The van der Waals surface area contributed by atoms with E-state index in [-0.39, 0.29) is 5.41 Å². The molecule has 92 valence electrons. The van der Waals surface area contributed by atoms with E-state index in [1.54, 1.807) is 0 Å². The highest BCUT2D eigenvalue weighted by Crippen LogP contribution is 2.21. The average molecular weight is 236 g/mol. The van der Waals surface area contributed by atoms with E-state index in [9.17, 15) is 0 Å². The molecular formula is C12H26ClNO. The van der Waals surface area contributed by atoms with Crippen LogP contribution < -0.4 is 5.32 Å². The van der Waals surface area contributed by atoms with Crippen LogP contribution in [0, 0.1) is 5.41 Å². The summed E-state index contributed by atoms with van der Waals surface area (Å²) < 4.78 is 5.49. The molecule has 0 fully saturated rings. The lowest BCUT2D eigenvalue weighted by Gasteiger charge is -2.31. The highest BCUT2D eigenvalue weighted by molar-refractivity contribution is 6.17. The molecule has 0 aliphatic heterocycles. The van der Waals surface area contributed by atoms with E-state index in [4.69, 9.17) is 16.3 Å². The zero-order valence-corrected chi connectivity index (χ0v) is 11.5. The fraction of sp³-hybridized carbons (Fsp3) is 1.00. The molecule has 1 atom stereocenters. The second-order valence-corrected chi connectivity index (χ2v) is 5.65. The standard InChI is InChI=1S/C12H26ClNO/c1-10(2)15-9-8-14-11(6-7-13)12(3,4)5/h10-11,14H,6-9H2,1-5H3. The predicted octanol–water partition coefficient (Wildman–Crippen LogP) is 3.04. The molecule has 1 N–H and O–H groups in total. The van der Waals surface area contributed by atoms with Crippen LogP contribution in [0.25, 0.3) is 0 Å². The Morgan fingerprint density at radius 1 is 1.27 bits per heavy atom. The van der Waals surface area contributed by atoms with E-state index >= 15 is 0 Å². The molecule has 0 aliphatic carbocycles. The maximum Gasteiger partial charge on any atom is 0.0594 e. The fourth-order valence-corrected chi connectivity index (χ4v) is 1.70. The van der Waals surface area contributed by atoms with Crippen molar-refractivity contribution >= 4 is 11.6 Å². The minimum absolute atomic E-state index is 0.257. The van der Waals surface area contributed by atoms with Crippen molar-refractivity contribution in [3.8, 4) is 0 Å². The minimum Gasteiger partial charge on any atom is -0.377 e. The summed E-state index contributed by atoms with van der Waals surface area (Å²) in [6.07, 6.45) is 1.32. The lowest BCUT2D eigenvalue weighted by molar-refractivity contribution is 0.0762. The van der Waals surface area contributed by atoms with E-state index in [0.29, 0.717) is 18.0 Å². The zero-order chi connectivity index (χ0) is 11.9. The van der Waals surface area contributed by atoms with Gasteiger partial charge in [-0.3, -0.25) is 0 Å². The summed E-state index contributed by atoms with van der Waals surface area (Å²) in [6, 6.07) is 0.464. The predicted molar refractivity (Wildman–Crippen MR) is 67.7 cm³/mol. The van der Waals surface area contributed by atoms with Gasteiger partial charge in [0.1, 0.15) is 0 Å². The van der Waals surface area contributed by atoms with Crippen LogP contribution in [0.5, 0.6) is 0 Å². The van der Waals surface area contributed by atoms with Gasteiger partial charge in [-0.05, 0) is 25.7 Å². The van der Waals surface area contributed by atoms with Gasteiger partial charge in [0, 0.05) is 18.5 Å². The minimum atomic E-state index is 0.257. The topological polar surface area (TPSA) is 21.3 Å². The summed E-state index contributed by atoms with van der Waals surface area (Å²) >= 11 is 5.79. The Hall–Kier alpha value is 0.210. The largest absolute Gasteiger partial charge is 0.377 e. The second-order valence-electron chi connectivity index (χ2n) is 5.27. The third-order valence-corrected chi connectivity index (χ3v) is 2.61. The molecular weight excluding hydrogens is 210 g/mol. The van der Waals surface area contributed by atoms with Crippen LogP contribution >= 0.6 is 11.6 Å². The summed E-state index contributed by atoms with van der Waals surface area (Å²) in [4.78, 5) is 0. The summed E-state index contributed by atoms with van der Waals surface area (Å²) in [5.41, 5.74) is 0.257. The number of halogens is 1. The second kappa shape index (κ2) is 7.48. The van der Waals surface area contributed by atoms with Crippen molar-refractivity contribution < 1.29 is 4.74 Å². The molecule has 0 bridgehead atoms. The summed E-state index contributed by atoms with van der Waals surface area (Å²) in [7, 11) is 0. The first kappa shape index (κ1) is 15.2. The average Bonchev–Trinajstić information content (AvgIpc) is 2.08. The third-order valence-electron chi connectivity index (χ3n) is 2.39. The summed E-state index contributed by atoms with van der Waals surface area (Å²) in [5, 5.41) is 3.51. The molecule has 0 aromatic rings. The normalized spacial score (nSPS) is 14.6. The molecule has 2 nitrogen and oxygen atoms in total. The van der Waals surface area contributed by atoms with E-state index < -0.39 is 0 Å². The lowest BCUT2D eigenvalue weighted by atomic mass is 9.85. The first-order valence-corrected chi connectivity index (χ1v) is 6.32. The molecule has 0 radical (unpaired) electrons. The molecule has 0 aromatic carbocycles. The Bertz CT molecular complexity index is 154. The molecule has 0 aromatic heterocycles. The number of nitrogens with one attached hydrogen (secondary N) is 1. The van der Waals surface area contributed by atoms with Crippen molar-refractivity contribution in [1.29, 1.82) is 0 Å². The van der Waals surface area contributed by atoms with E-state index in [2.05, 4.69) is 39.9 Å².